The summed E-state index contributed by atoms with van der Waals surface area (Å²) in [6, 6.07) is 6.04. The van der Waals surface area contributed by atoms with Crippen molar-refractivity contribution in [1.82, 2.24) is 0 Å². The first kappa shape index (κ1) is 13.7. The third kappa shape index (κ3) is 2.93. The summed E-state index contributed by atoms with van der Waals surface area (Å²) in [5.74, 6) is 2.64. The summed E-state index contributed by atoms with van der Waals surface area (Å²) in [4.78, 5) is 0. The first-order valence-corrected chi connectivity index (χ1v) is 7.86. The summed E-state index contributed by atoms with van der Waals surface area (Å²) in [5, 5.41) is 0. The molecule has 1 aliphatic heterocycles. The van der Waals surface area contributed by atoms with Crippen LogP contribution in [0.3, 0.4) is 0 Å². The first-order valence-electron chi connectivity index (χ1n) is 7.86. The second-order valence-electron chi connectivity index (χ2n) is 6.23. The van der Waals surface area contributed by atoms with Gasteiger partial charge in [0.2, 0.25) is 0 Å². The third-order valence-electron chi connectivity index (χ3n) is 4.75. The van der Waals surface area contributed by atoms with Crippen molar-refractivity contribution in [2.24, 2.45) is 11.7 Å². The van der Waals surface area contributed by atoms with Gasteiger partial charge in [-0.3, -0.25) is 0 Å². The van der Waals surface area contributed by atoms with E-state index in [0.717, 1.165) is 29.4 Å². The molecule has 1 heterocycles. The van der Waals surface area contributed by atoms with Crippen LogP contribution in [0.2, 0.25) is 0 Å². The van der Waals surface area contributed by atoms with E-state index in [-0.39, 0.29) is 12.1 Å². The largest absolute Gasteiger partial charge is 0.497 e. The Morgan fingerprint density at radius 3 is 2.80 bits per heavy atom. The summed E-state index contributed by atoms with van der Waals surface area (Å²) in [6.45, 7) is 0. The van der Waals surface area contributed by atoms with Crippen LogP contribution in [0, 0.1) is 5.92 Å². The highest BCUT2D eigenvalue weighted by molar-refractivity contribution is 5.43. The molecule has 20 heavy (non-hydrogen) atoms. The lowest BCUT2D eigenvalue weighted by molar-refractivity contribution is 0.120. The molecule has 0 radical (unpaired) electrons. The number of methoxy groups -OCH3 is 1. The molecule has 3 nitrogen and oxygen atoms in total. The quantitative estimate of drug-likeness (QED) is 0.912. The summed E-state index contributed by atoms with van der Waals surface area (Å²) in [7, 11) is 1.68. The van der Waals surface area contributed by atoms with Gasteiger partial charge in [0.05, 0.1) is 7.11 Å². The fraction of sp³-hybridized carbons (Fsp3) is 0.647. The summed E-state index contributed by atoms with van der Waals surface area (Å²) < 4.78 is 11.4. The van der Waals surface area contributed by atoms with E-state index in [1.165, 1.54) is 38.5 Å². The van der Waals surface area contributed by atoms with Crippen LogP contribution in [0.5, 0.6) is 11.5 Å². The molecule has 1 aromatic carbocycles. The molecule has 1 aliphatic carbocycles. The molecule has 1 aromatic rings. The molecule has 3 heteroatoms. The Morgan fingerprint density at radius 2 is 2.05 bits per heavy atom. The van der Waals surface area contributed by atoms with E-state index < -0.39 is 0 Å². The molecule has 0 amide bonds. The van der Waals surface area contributed by atoms with Crippen LogP contribution in [0.4, 0.5) is 0 Å². The molecule has 0 aromatic heterocycles. The molecule has 2 atom stereocenters. The van der Waals surface area contributed by atoms with Gasteiger partial charge >= 0.3 is 0 Å². The van der Waals surface area contributed by atoms with Crippen LogP contribution in [0.1, 0.15) is 56.6 Å². The molecule has 0 saturated heterocycles. The highest BCUT2D eigenvalue weighted by Gasteiger charge is 2.28. The average Bonchev–Trinajstić information content (AvgIpc) is 2.48. The van der Waals surface area contributed by atoms with Crippen LogP contribution in [0.15, 0.2) is 18.2 Å². The highest BCUT2D eigenvalue weighted by atomic mass is 16.5. The van der Waals surface area contributed by atoms with Crippen LogP contribution in [-0.4, -0.2) is 13.2 Å². The van der Waals surface area contributed by atoms with Gasteiger partial charge in [-0.25, -0.2) is 0 Å². The van der Waals surface area contributed by atoms with E-state index in [4.69, 9.17) is 15.2 Å². The van der Waals surface area contributed by atoms with Crippen molar-refractivity contribution >= 4 is 0 Å². The van der Waals surface area contributed by atoms with Crippen molar-refractivity contribution < 1.29 is 9.47 Å². The Hall–Kier alpha value is -1.22. The summed E-state index contributed by atoms with van der Waals surface area (Å²) in [5.41, 5.74) is 7.42. The molecule has 2 unspecified atom stereocenters. The summed E-state index contributed by atoms with van der Waals surface area (Å²) in [6.07, 6.45) is 9.29. The van der Waals surface area contributed by atoms with Gasteiger partial charge in [0.1, 0.15) is 17.6 Å². The molecule has 2 aliphatic rings. The minimum absolute atomic E-state index is 0.0717. The zero-order valence-electron chi connectivity index (χ0n) is 12.3. The van der Waals surface area contributed by atoms with Gasteiger partial charge in [-0.2, -0.15) is 0 Å². The van der Waals surface area contributed by atoms with E-state index in [9.17, 15) is 0 Å². The zero-order chi connectivity index (χ0) is 13.9. The lowest BCUT2D eigenvalue weighted by Gasteiger charge is -2.33. The maximum Gasteiger partial charge on any atom is 0.124 e. The van der Waals surface area contributed by atoms with Crippen molar-refractivity contribution in [3.8, 4) is 11.5 Å². The number of hydrogen-bond donors (Lipinski definition) is 1. The first-order chi connectivity index (χ1) is 9.76. The second kappa shape index (κ2) is 6.04. The lowest BCUT2D eigenvalue weighted by atomic mass is 9.83. The second-order valence-corrected chi connectivity index (χ2v) is 6.23. The van der Waals surface area contributed by atoms with Gasteiger partial charge in [-0.15, -0.1) is 0 Å². The monoisotopic (exact) mass is 275 g/mol. The van der Waals surface area contributed by atoms with Gasteiger partial charge < -0.3 is 15.2 Å². The number of ether oxygens (including phenoxy) is 2. The fourth-order valence-corrected chi connectivity index (χ4v) is 3.63. The summed E-state index contributed by atoms with van der Waals surface area (Å²) >= 11 is 0. The Labute approximate surface area is 121 Å². The van der Waals surface area contributed by atoms with Crippen LogP contribution in [0.25, 0.3) is 0 Å². The minimum Gasteiger partial charge on any atom is -0.497 e. The Balaban J connectivity index is 1.68. The number of rotatable bonds is 3. The Kier molecular flexibility index (Phi) is 4.16. The maximum absolute atomic E-state index is 6.33. The van der Waals surface area contributed by atoms with Crippen LogP contribution >= 0.6 is 0 Å². The molecule has 1 fully saturated rings. The van der Waals surface area contributed by atoms with Crippen molar-refractivity contribution in [2.45, 2.75) is 57.1 Å². The number of benzene rings is 1. The molecule has 0 bridgehead atoms. The van der Waals surface area contributed by atoms with Gasteiger partial charge in [0, 0.05) is 18.0 Å². The van der Waals surface area contributed by atoms with Crippen molar-refractivity contribution in [3.63, 3.8) is 0 Å². The number of fused-ring (bicyclic) bond motifs is 1. The van der Waals surface area contributed by atoms with E-state index in [1.54, 1.807) is 7.11 Å². The lowest BCUT2D eigenvalue weighted by Crippen LogP contribution is -2.31. The van der Waals surface area contributed by atoms with Gasteiger partial charge in [-0.1, -0.05) is 32.1 Å². The van der Waals surface area contributed by atoms with Crippen LogP contribution < -0.4 is 15.2 Å². The highest BCUT2D eigenvalue weighted by Crippen LogP contribution is 2.39. The normalized spacial score (nSPS) is 26.7. The minimum atomic E-state index is 0.0717. The topological polar surface area (TPSA) is 44.5 Å². The zero-order valence-corrected chi connectivity index (χ0v) is 12.3. The molecule has 0 spiro atoms. The van der Waals surface area contributed by atoms with E-state index in [1.807, 2.05) is 18.2 Å². The number of hydrogen-bond acceptors (Lipinski definition) is 3. The van der Waals surface area contributed by atoms with E-state index in [0.29, 0.717) is 0 Å². The van der Waals surface area contributed by atoms with Gasteiger partial charge in [0.15, 0.2) is 0 Å². The van der Waals surface area contributed by atoms with Crippen molar-refractivity contribution in [1.29, 1.82) is 0 Å². The standard InChI is InChI=1S/C17H25NO2/c1-19-13-7-8-17-15(10-13)16(18)11-14(20-17)9-12-5-3-2-4-6-12/h7-8,10,12,14,16H,2-6,9,11,18H2,1H3. The third-order valence-corrected chi connectivity index (χ3v) is 4.75. The van der Waals surface area contributed by atoms with E-state index >= 15 is 0 Å². The Bertz CT molecular complexity index is 454. The van der Waals surface area contributed by atoms with Gasteiger partial charge in [-0.05, 0) is 30.5 Å². The predicted molar refractivity (Wildman–Crippen MR) is 80.1 cm³/mol. The molecule has 3 rings (SSSR count). The SMILES string of the molecule is COc1ccc2c(c1)C(N)CC(CC1CCCCC1)O2. The van der Waals surface area contributed by atoms with Crippen molar-refractivity contribution in [2.75, 3.05) is 7.11 Å². The van der Waals surface area contributed by atoms with E-state index in [2.05, 4.69) is 0 Å². The molecular formula is C17H25NO2. The molecule has 2 N–H and O–H groups in total. The van der Waals surface area contributed by atoms with Gasteiger partial charge in [0.25, 0.3) is 0 Å². The molecular weight excluding hydrogens is 250 g/mol. The number of nitrogens with two attached hydrogens (primary N) is 1. The Morgan fingerprint density at radius 1 is 1.25 bits per heavy atom. The molecule has 110 valence electrons. The average molecular weight is 275 g/mol. The fourth-order valence-electron chi connectivity index (χ4n) is 3.63. The molecule has 1 saturated carbocycles. The van der Waals surface area contributed by atoms with Crippen LogP contribution in [-0.2, 0) is 0 Å². The predicted octanol–water partition coefficient (Wildman–Crippen LogP) is 3.82. The smallest absolute Gasteiger partial charge is 0.124 e. The van der Waals surface area contributed by atoms with Crippen molar-refractivity contribution in [3.05, 3.63) is 23.8 Å². The maximum atomic E-state index is 6.33.